The first-order valence-corrected chi connectivity index (χ1v) is 24.8. The fraction of sp³-hybridized carbons (Fsp3) is 0.875. The highest BCUT2D eigenvalue weighted by Gasteiger charge is 2.57. The van der Waals surface area contributed by atoms with Crippen molar-refractivity contribution in [1.29, 1.82) is 0 Å². The molecular formula is C32H57N4O30P3. The van der Waals surface area contributed by atoms with Crippen molar-refractivity contribution < 1.29 is 145 Å². The van der Waals surface area contributed by atoms with Crippen molar-refractivity contribution in [3.8, 4) is 0 Å². The maximum Gasteiger partial charge on any atom is 0.475 e. The summed E-state index contributed by atoms with van der Waals surface area (Å²) in [6, 6.07) is -8.10. The van der Waals surface area contributed by atoms with Crippen LogP contribution >= 0.6 is 23.5 Å². The zero-order valence-corrected chi connectivity index (χ0v) is 39.2. The van der Waals surface area contributed by atoms with Crippen LogP contribution in [-0.4, -0.2) is 238 Å². The number of phosphoric acid groups is 3. The van der Waals surface area contributed by atoms with Gasteiger partial charge in [0.15, 0.2) is 25.2 Å². The molecule has 4 rings (SSSR count). The zero-order valence-electron chi connectivity index (χ0n) is 36.5. The first-order valence-electron chi connectivity index (χ1n) is 20.3. The van der Waals surface area contributed by atoms with E-state index < -0.39 is 196 Å². The van der Waals surface area contributed by atoms with E-state index in [2.05, 4.69) is 21.3 Å². The number of rotatable bonds is 20. The van der Waals surface area contributed by atoms with Crippen molar-refractivity contribution >= 4 is 47.1 Å². The molecule has 4 unspecified atom stereocenters. The maximum absolute atomic E-state index is 13.9. The van der Waals surface area contributed by atoms with E-state index in [4.69, 9.17) is 46.1 Å². The molecule has 34 nitrogen and oxygen atoms in total. The van der Waals surface area contributed by atoms with Gasteiger partial charge in [-0.05, 0) is 0 Å². The van der Waals surface area contributed by atoms with E-state index in [1.165, 1.54) is 0 Å². The van der Waals surface area contributed by atoms with Gasteiger partial charge in [0.25, 0.3) is 0 Å². The van der Waals surface area contributed by atoms with Crippen molar-refractivity contribution in [2.24, 2.45) is 0 Å². The number of aliphatic hydroxyl groups excluding tert-OH is 10. The van der Waals surface area contributed by atoms with Gasteiger partial charge in [-0.25, -0.2) is 13.7 Å². The third kappa shape index (κ3) is 15.3. The Morgan fingerprint density at radius 3 is 0.986 bits per heavy atom. The van der Waals surface area contributed by atoms with E-state index in [0.717, 1.165) is 27.7 Å². The molecule has 37 heteroatoms. The highest BCUT2D eigenvalue weighted by atomic mass is 31.2. The van der Waals surface area contributed by atoms with E-state index in [1.54, 1.807) is 0 Å². The lowest BCUT2D eigenvalue weighted by Gasteiger charge is -2.46. The summed E-state index contributed by atoms with van der Waals surface area (Å²) in [7, 11) is -17.6. The molecule has 0 bridgehead atoms. The molecule has 0 aromatic carbocycles. The number of carbonyl (C=O) groups excluding carboxylic acids is 4. The van der Waals surface area contributed by atoms with Crippen molar-refractivity contribution in [3.63, 3.8) is 0 Å². The highest BCUT2D eigenvalue weighted by Crippen LogP contribution is 2.54. The molecular weight excluding hydrogens is 1010 g/mol. The van der Waals surface area contributed by atoms with E-state index >= 15 is 0 Å². The van der Waals surface area contributed by atoms with Crippen molar-refractivity contribution in [2.75, 3.05) is 26.4 Å². The first kappa shape index (κ1) is 59.2. The Morgan fingerprint density at radius 2 is 0.667 bits per heavy atom. The molecule has 400 valence electrons. The van der Waals surface area contributed by atoms with Crippen LogP contribution in [0.1, 0.15) is 27.7 Å². The topological polar surface area (TPSA) is 523 Å². The summed E-state index contributed by atoms with van der Waals surface area (Å²) in [4.78, 5) is 81.7. The molecule has 4 aliphatic heterocycles. The predicted molar refractivity (Wildman–Crippen MR) is 213 cm³/mol. The van der Waals surface area contributed by atoms with Crippen LogP contribution in [0.25, 0.3) is 0 Å². The first-order chi connectivity index (χ1) is 32.0. The number of nitrogens with one attached hydrogen (secondary N) is 4. The van der Waals surface area contributed by atoms with Gasteiger partial charge < -0.3 is 106 Å². The number of aliphatic hydroxyl groups is 10. The Bertz CT molecular complexity index is 1930. The van der Waals surface area contributed by atoms with E-state index in [0.29, 0.717) is 0 Å². The average Bonchev–Trinajstić information content (AvgIpc) is 3.23. The molecule has 4 heterocycles. The number of amides is 4. The van der Waals surface area contributed by atoms with Crippen molar-refractivity contribution in [1.82, 2.24) is 21.3 Å². The zero-order chi connectivity index (χ0) is 52.1. The van der Waals surface area contributed by atoms with Crippen LogP contribution in [0.5, 0.6) is 0 Å². The minimum absolute atomic E-state index is 0.823. The number of carbonyl (C=O) groups is 4. The van der Waals surface area contributed by atoms with Gasteiger partial charge in [0, 0.05) is 27.7 Å². The van der Waals surface area contributed by atoms with Gasteiger partial charge in [-0.15, -0.1) is 0 Å². The van der Waals surface area contributed by atoms with Gasteiger partial charge in [-0.3, -0.25) is 46.3 Å². The SMILES string of the molecule is CC(=O)N[C@H]1[C@@H](OP(=O)(O)O[C@H]2[C@H](O)[C@@H](CO)O[C@H](OP(=O)(O)O[C@H]3[C@H](O)[C@@H](CO)O[C@H](OP(=O)(O)O[C@H]4[C@H](O)[C@@H](CO)OC(O)[C@@H]4NC(C)=O)[C@@H]3NC(C)=O)[C@@H]2NC(C)=O)O[C@H](CO)[C@@H](O)[C@@H]1O. The quantitative estimate of drug-likeness (QED) is 0.0504. The predicted octanol–water partition coefficient (Wildman–Crippen LogP) is -8.82. The molecule has 4 saturated heterocycles. The molecule has 0 saturated carbocycles. The van der Waals surface area contributed by atoms with E-state index in [1.807, 2.05) is 0 Å². The molecule has 23 atom stereocenters. The lowest BCUT2D eigenvalue weighted by atomic mass is 9.97. The fourth-order valence-corrected chi connectivity index (χ4v) is 10.6. The minimum atomic E-state index is -6.03. The van der Waals surface area contributed by atoms with Crippen LogP contribution < -0.4 is 21.3 Å². The smallest absolute Gasteiger partial charge is 0.394 e. The second-order valence-corrected chi connectivity index (χ2v) is 19.8. The fourth-order valence-electron chi connectivity index (χ4n) is 7.43. The summed E-state index contributed by atoms with van der Waals surface area (Å²) in [6.07, 6.45) is -34.2. The molecule has 0 radical (unpaired) electrons. The normalized spacial score (nSPS) is 41.1. The van der Waals surface area contributed by atoms with Crippen molar-refractivity contribution in [3.05, 3.63) is 0 Å². The Morgan fingerprint density at radius 1 is 0.406 bits per heavy atom. The van der Waals surface area contributed by atoms with Gasteiger partial charge in [-0.1, -0.05) is 0 Å². The summed E-state index contributed by atoms with van der Waals surface area (Å²) < 4.78 is 92.8. The van der Waals surface area contributed by atoms with Gasteiger partial charge in [0.05, 0.1) is 26.4 Å². The molecule has 69 heavy (non-hydrogen) atoms. The van der Waals surface area contributed by atoms with Gasteiger partial charge in [-0.2, -0.15) is 0 Å². The lowest BCUT2D eigenvalue weighted by Crippen LogP contribution is -2.66. The van der Waals surface area contributed by atoms with E-state index in [9.17, 15) is 98.6 Å². The molecule has 0 spiro atoms. The summed E-state index contributed by atoms with van der Waals surface area (Å²) >= 11 is 0. The summed E-state index contributed by atoms with van der Waals surface area (Å²) in [5, 5.41) is 112. The minimum Gasteiger partial charge on any atom is -0.394 e. The summed E-state index contributed by atoms with van der Waals surface area (Å²) in [6.45, 7) is -0.944. The molecule has 0 aliphatic carbocycles. The maximum atomic E-state index is 13.9. The van der Waals surface area contributed by atoms with Crippen LogP contribution in [0, 0.1) is 0 Å². The average molecular weight is 1070 g/mol. The van der Waals surface area contributed by atoms with Crippen molar-refractivity contribution in [2.45, 2.75) is 150 Å². The number of phosphoric ester groups is 3. The Kier molecular flexibility index (Phi) is 21.1. The second kappa shape index (κ2) is 24.6. The Balaban J connectivity index is 1.65. The number of hydrogen-bond acceptors (Lipinski definition) is 27. The molecule has 17 N–H and O–H groups in total. The Labute approximate surface area is 389 Å². The van der Waals surface area contributed by atoms with Gasteiger partial charge in [0.2, 0.25) is 23.6 Å². The highest BCUT2D eigenvalue weighted by molar-refractivity contribution is 7.48. The van der Waals surface area contributed by atoms with Crippen LogP contribution in [0.4, 0.5) is 0 Å². The summed E-state index contributed by atoms with van der Waals surface area (Å²) in [5.74, 6) is -3.93. The monoisotopic (exact) mass is 1070 g/mol. The van der Waals surface area contributed by atoms with Crippen LogP contribution in [-0.2, 0) is 79.0 Å². The van der Waals surface area contributed by atoms with Gasteiger partial charge in [0.1, 0.15) is 97.4 Å². The molecule has 4 fully saturated rings. The summed E-state index contributed by atoms with van der Waals surface area (Å²) in [5.41, 5.74) is 0. The molecule has 0 aromatic rings. The third-order valence-corrected chi connectivity index (χ3v) is 13.4. The standard InChI is InChI=1S/C32H57N4O30P3/c1-9(41)33-17-25(49)21(45)13(5-37)58-30(17)64-68(53,54)62-27-19(35-11(3)43)32(60-15(7-39)23(27)47)66-69(55,56)63-28-20(36-12(4)44)31(59-16(8-40)24(28)48)65-67(51,52)61-26-18(34-10(2)42)29(50)57-14(6-38)22(26)46/h13-32,37-40,45-50H,5-8H2,1-4H3,(H,33,41)(H,34,42)(H,35,43)(H,36,44)(H,51,52)(H,53,54)(H,55,56)/t13-,14-,15-,16-,17-,18-,19-,20-,21-,22-,23-,24-,25-,26-,27-,28-,29?,30-,31-,32-/m1/s1. The van der Waals surface area contributed by atoms with Gasteiger partial charge >= 0.3 is 23.5 Å². The van der Waals surface area contributed by atoms with Crippen LogP contribution in [0.15, 0.2) is 0 Å². The third-order valence-electron chi connectivity index (χ3n) is 10.4. The molecule has 4 aliphatic rings. The number of ether oxygens (including phenoxy) is 4. The second-order valence-electron chi connectivity index (χ2n) is 15.7. The lowest BCUT2D eigenvalue weighted by molar-refractivity contribution is -0.265. The largest absolute Gasteiger partial charge is 0.475 e. The van der Waals surface area contributed by atoms with Crippen LogP contribution in [0.2, 0.25) is 0 Å². The molecule has 0 aromatic heterocycles. The van der Waals surface area contributed by atoms with Crippen LogP contribution in [0.3, 0.4) is 0 Å². The number of hydrogen-bond donors (Lipinski definition) is 17. The Hall–Kier alpha value is -2.35. The molecule has 4 amide bonds. The van der Waals surface area contributed by atoms with E-state index in [-0.39, 0.29) is 0 Å².